The first-order valence-electron chi connectivity index (χ1n) is 4.52. The normalized spacial score (nSPS) is 31.6. The lowest BCUT2D eigenvalue weighted by Gasteiger charge is -2.14. The van der Waals surface area contributed by atoms with Gasteiger partial charge in [-0.2, -0.15) is 0 Å². The van der Waals surface area contributed by atoms with Crippen LogP contribution in [0.2, 0.25) is 0 Å². The summed E-state index contributed by atoms with van der Waals surface area (Å²) in [5, 5.41) is 0. The molecule has 2 atom stereocenters. The highest BCUT2D eigenvalue weighted by Gasteiger charge is 2.14. The van der Waals surface area contributed by atoms with Crippen LogP contribution in [0.25, 0.3) is 0 Å². The van der Waals surface area contributed by atoms with Crippen LogP contribution >= 0.6 is 0 Å². The number of ether oxygens (including phenoxy) is 1. The summed E-state index contributed by atoms with van der Waals surface area (Å²) in [5.74, 6) is 1.47. The maximum atomic E-state index is 5.40. The van der Waals surface area contributed by atoms with E-state index in [-0.39, 0.29) is 0 Å². The van der Waals surface area contributed by atoms with Gasteiger partial charge in [0.2, 0.25) is 0 Å². The minimum absolute atomic E-state index is 0.412. The van der Waals surface area contributed by atoms with Gasteiger partial charge in [0.15, 0.2) is 0 Å². The van der Waals surface area contributed by atoms with E-state index in [1.54, 1.807) is 0 Å². The SMILES string of the molecule is CC(C)[C@H]1C=CO[C@H](C)CC1. The number of rotatable bonds is 1. The second-order valence-electron chi connectivity index (χ2n) is 3.76. The Balaban J connectivity index is 2.45. The Morgan fingerprint density at radius 3 is 2.73 bits per heavy atom. The fourth-order valence-electron chi connectivity index (χ4n) is 1.43. The standard InChI is InChI=1S/C10H18O/c1-8(2)10-5-4-9(3)11-7-6-10/h6-10H,4-5H2,1-3H3/t9-,10-/m1/s1. The lowest BCUT2D eigenvalue weighted by atomic mass is 9.91. The van der Waals surface area contributed by atoms with E-state index < -0.39 is 0 Å². The van der Waals surface area contributed by atoms with E-state index in [0.29, 0.717) is 6.10 Å². The lowest BCUT2D eigenvalue weighted by molar-refractivity contribution is 0.155. The minimum Gasteiger partial charge on any atom is -0.499 e. The van der Waals surface area contributed by atoms with E-state index in [1.165, 1.54) is 12.8 Å². The average Bonchev–Trinajstić information content (AvgIpc) is 2.13. The van der Waals surface area contributed by atoms with Gasteiger partial charge in [-0.3, -0.25) is 0 Å². The van der Waals surface area contributed by atoms with Gasteiger partial charge < -0.3 is 4.74 Å². The van der Waals surface area contributed by atoms with Gasteiger partial charge in [0.25, 0.3) is 0 Å². The summed E-state index contributed by atoms with van der Waals surface area (Å²) in [6.45, 7) is 6.67. The van der Waals surface area contributed by atoms with Crippen molar-refractivity contribution in [3.8, 4) is 0 Å². The molecule has 0 radical (unpaired) electrons. The molecule has 0 fully saturated rings. The van der Waals surface area contributed by atoms with Crippen LogP contribution < -0.4 is 0 Å². The highest BCUT2D eigenvalue weighted by atomic mass is 16.5. The molecule has 0 saturated heterocycles. The molecule has 1 rings (SSSR count). The Labute approximate surface area is 69.4 Å². The molecule has 0 amide bonds. The molecule has 0 aliphatic carbocycles. The highest BCUT2D eigenvalue weighted by molar-refractivity contribution is 4.88. The van der Waals surface area contributed by atoms with Crippen molar-refractivity contribution in [1.82, 2.24) is 0 Å². The molecule has 1 heterocycles. The smallest absolute Gasteiger partial charge is 0.0950 e. The maximum absolute atomic E-state index is 5.40. The Morgan fingerprint density at radius 1 is 1.36 bits per heavy atom. The highest BCUT2D eigenvalue weighted by Crippen LogP contribution is 2.23. The van der Waals surface area contributed by atoms with Crippen molar-refractivity contribution in [2.45, 2.75) is 39.7 Å². The molecule has 0 N–H and O–H groups in total. The van der Waals surface area contributed by atoms with E-state index in [4.69, 9.17) is 4.74 Å². The van der Waals surface area contributed by atoms with E-state index >= 15 is 0 Å². The van der Waals surface area contributed by atoms with Crippen LogP contribution in [0.3, 0.4) is 0 Å². The first-order valence-corrected chi connectivity index (χ1v) is 4.52. The number of hydrogen-bond acceptors (Lipinski definition) is 1. The fourth-order valence-corrected chi connectivity index (χ4v) is 1.43. The zero-order chi connectivity index (χ0) is 8.27. The molecular formula is C10H18O. The van der Waals surface area contributed by atoms with Crippen molar-refractivity contribution in [2.24, 2.45) is 11.8 Å². The van der Waals surface area contributed by atoms with Gasteiger partial charge in [-0.1, -0.05) is 13.8 Å². The van der Waals surface area contributed by atoms with E-state index in [9.17, 15) is 0 Å². The van der Waals surface area contributed by atoms with Crippen molar-refractivity contribution in [3.05, 3.63) is 12.3 Å². The molecule has 1 nitrogen and oxygen atoms in total. The summed E-state index contributed by atoms with van der Waals surface area (Å²) in [6.07, 6.45) is 6.96. The maximum Gasteiger partial charge on any atom is 0.0950 e. The van der Waals surface area contributed by atoms with Crippen molar-refractivity contribution in [2.75, 3.05) is 0 Å². The Morgan fingerprint density at radius 2 is 2.09 bits per heavy atom. The molecule has 64 valence electrons. The topological polar surface area (TPSA) is 9.23 Å². The molecule has 0 aromatic rings. The summed E-state index contributed by atoms with van der Waals surface area (Å²) < 4.78 is 5.40. The molecule has 0 saturated carbocycles. The van der Waals surface area contributed by atoms with Crippen LogP contribution in [-0.2, 0) is 4.74 Å². The molecular weight excluding hydrogens is 136 g/mol. The molecule has 1 aliphatic rings. The quantitative estimate of drug-likeness (QED) is 0.564. The Bertz CT molecular complexity index is 138. The third-order valence-corrected chi connectivity index (χ3v) is 2.40. The van der Waals surface area contributed by atoms with Crippen molar-refractivity contribution in [1.29, 1.82) is 0 Å². The van der Waals surface area contributed by atoms with Gasteiger partial charge >= 0.3 is 0 Å². The van der Waals surface area contributed by atoms with Crippen LogP contribution in [0, 0.1) is 11.8 Å². The lowest BCUT2D eigenvalue weighted by Crippen LogP contribution is -2.07. The molecule has 0 unspecified atom stereocenters. The fraction of sp³-hybridized carbons (Fsp3) is 0.800. The van der Waals surface area contributed by atoms with Gasteiger partial charge in [0.1, 0.15) is 0 Å². The van der Waals surface area contributed by atoms with Crippen LogP contribution in [-0.4, -0.2) is 6.10 Å². The van der Waals surface area contributed by atoms with Gasteiger partial charge in [0, 0.05) is 0 Å². The van der Waals surface area contributed by atoms with Gasteiger partial charge in [-0.15, -0.1) is 0 Å². The zero-order valence-electron chi connectivity index (χ0n) is 7.71. The first kappa shape index (κ1) is 8.63. The summed E-state index contributed by atoms with van der Waals surface area (Å²) in [4.78, 5) is 0. The molecule has 0 spiro atoms. The molecule has 1 heteroatoms. The second kappa shape index (κ2) is 3.80. The summed E-state index contributed by atoms with van der Waals surface area (Å²) in [6, 6.07) is 0. The third kappa shape index (κ3) is 2.57. The van der Waals surface area contributed by atoms with Gasteiger partial charge in [-0.25, -0.2) is 0 Å². The van der Waals surface area contributed by atoms with Crippen molar-refractivity contribution < 1.29 is 4.74 Å². The van der Waals surface area contributed by atoms with Gasteiger partial charge in [0.05, 0.1) is 12.4 Å². The predicted octanol–water partition coefficient (Wildman–Crippen LogP) is 2.97. The summed E-state index contributed by atoms with van der Waals surface area (Å²) >= 11 is 0. The first-order chi connectivity index (χ1) is 5.20. The summed E-state index contributed by atoms with van der Waals surface area (Å²) in [5.41, 5.74) is 0. The molecule has 0 aromatic carbocycles. The van der Waals surface area contributed by atoms with Gasteiger partial charge in [-0.05, 0) is 37.7 Å². The molecule has 11 heavy (non-hydrogen) atoms. The largest absolute Gasteiger partial charge is 0.499 e. The molecule has 0 aromatic heterocycles. The van der Waals surface area contributed by atoms with Crippen LogP contribution in [0.15, 0.2) is 12.3 Å². The monoisotopic (exact) mass is 154 g/mol. The van der Waals surface area contributed by atoms with E-state index in [0.717, 1.165) is 11.8 Å². The Kier molecular flexibility index (Phi) is 2.98. The van der Waals surface area contributed by atoms with Crippen molar-refractivity contribution in [3.63, 3.8) is 0 Å². The number of hydrogen-bond donors (Lipinski definition) is 0. The Hall–Kier alpha value is -0.460. The van der Waals surface area contributed by atoms with E-state index in [1.807, 2.05) is 6.26 Å². The van der Waals surface area contributed by atoms with Crippen molar-refractivity contribution >= 4 is 0 Å². The van der Waals surface area contributed by atoms with Crippen LogP contribution in [0.4, 0.5) is 0 Å². The molecule has 0 bridgehead atoms. The van der Waals surface area contributed by atoms with Crippen LogP contribution in [0.1, 0.15) is 33.6 Å². The van der Waals surface area contributed by atoms with E-state index in [2.05, 4.69) is 26.8 Å². The third-order valence-electron chi connectivity index (χ3n) is 2.40. The van der Waals surface area contributed by atoms with Crippen LogP contribution in [0.5, 0.6) is 0 Å². The molecule has 1 aliphatic heterocycles. The zero-order valence-corrected chi connectivity index (χ0v) is 7.71. The second-order valence-corrected chi connectivity index (χ2v) is 3.76. The summed E-state index contributed by atoms with van der Waals surface area (Å²) in [7, 11) is 0. The minimum atomic E-state index is 0.412. The predicted molar refractivity (Wildman–Crippen MR) is 47.2 cm³/mol. The average molecular weight is 154 g/mol. The number of allylic oxidation sites excluding steroid dienone is 1.